The van der Waals surface area contributed by atoms with E-state index in [1.54, 1.807) is 0 Å². The Morgan fingerprint density at radius 3 is 2.63 bits per heavy atom. The zero-order chi connectivity index (χ0) is 14.1. The van der Waals surface area contributed by atoms with E-state index >= 15 is 0 Å². The molecule has 0 saturated heterocycles. The van der Waals surface area contributed by atoms with Crippen molar-refractivity contribution in [2.45, 2.75) is 39.4 Å². The van der Waals surface area contributed by atoms with Gasteiger partial charge in [-0.15, -0.1) is 0 Å². The van der Waals surface area contributed by atoms with Crippen LogP contribution in [0.3, 0.4) is 0 Å². The van der Waals surface area contributed by atoms with Crippen LogP contribution in [0.1, 0.15) is 32.3 Å². The molecule has 0 aliphatic carbocycles. The monoisotopic (exact) mass is 264 g/mol. The molecule has 2 N–H and O–H groups in total. The Kier molecular flexibility index (Phi) is 6.97. The van der Waals surface area contributed by atoms with Gasteiger partial charge in [0.1, 0.15) is 6.61 Å². The molecule has 0 fully saturated rings. The number of benzene rings is 1. The zero-order valence-electron chi connectivity index (χ0n) is 11.5. The number of aliphatic hydroxyl groups excluding tert-OH is 1. The Morgan fingerprint density at radius 2 is 2.00 bits per heavy atom. The Bertz CT molecular complexity index is 365. The molecular formula is C15H22NO3. The molecule has 4 heteroatoms. The number of amides is 1. The summed E-state index contributed by atoms with van der Waals surface area (Å²) in [6, 6.07) is 9.45. The first-order valence-electron chi connectivity index (χ1n) is 6.56. The number of carbonyl (C=O) groups excluding carboxylic acids is 1. The maximum Gasteiger partial charge on any atom is 0.407 e. The Morgan fingerprint density at radius 1 is 1.32 bits per heavy atom. The van der Waals surface area contributed by atoms with Gasteiger partial charge in [0, 0.05) is 0 Å². The molecule has 0 aliphatic rings. The van der Waals surface area contributed by atoms with Crippen LogP contribution in [0.25, 0.3) is 0 Å². The minimum atomic E-state index is -0.633. The maximum absolute atomic E-state index is 11.4. The molecule has 105 valence electrons. The van der Waals surface area contributed by atoms with Gasteiger partial charge in [0.25, 0.3) is 0 Å². The number of carbonyl (C=O) groups is 1. The van der Waals surface area contributed by atoms with Crippen molar-refractivity contribution < 1.29 is 14.6 Å². The fourth-order valence-corrected chi connectivity index (χ4v) is 1.52. The van der Waals surface area contributed by atoms with E-state index in [9.17, 15) is 9.90 Å². The van der Waals surface area contributed by atoms with Crippen molar-refractivity contribution in [2.75, 3.05) is 0 Å². The summed E-state index contributed by atoms with van der Waals surface area (Å²) in [6.45, 7) is 5.78. The van der Waals surface area contributed by atoms with Crippen molar-refractivity contribution in [3.8, 4) is 0 Å². The number of alkyl carbamates (subject to hydrolysis) is 1. The molecule has 0 bridgehead atoms. The summed E-state index contributed by atoms with van der Waals surface area (Å²) in [5, 5.41) is 12.0. The Labute approximate surface area is 114 Å². The summed E-state index contributed by atoms with van der Waals surface area (Å²) >= 11 is 0. The first kappa shape index (κ1) is 15.5. The van der Waals surface area contributed by atoms with Gasteiger partial charge < -0.3 is 15.2 Å². The van der Waals surface area contributed by atoms with Crippen LogP contribution in [0.4, 0.5) is 4.79 Å². The first-order chi connectivity index (χ1) is 9.08. The molecular weight excluding hydrogens is 242 g/mol. The van der Waals surface area contributed by atoms with Crippen molar-refractivity contribution in [1.29, 1.82) is 0 Å². The van der Waals surface area contributed by atoms with E-state index in [-0.39, 0.29) is 6.61 Å². The number of hydrogen-bond acceptors (Lipinski definition) is 3. The molecule has 1 rings (SSSR count). The summed E-state index contributed by atoms with van der Waals surface area (Å²) < 4.78 is 5.01. The quantitative estimate of drug-likeness (QED) is 0.796. The normalized spacial score (nSPS) is 12.2. The number of ether oxygens (including phenoxy) is 1. The van der Waals surface area contributed by atoms with Crippen molar-refractivity contribution in [3.63, 3.8) is 0 Å². The van der Waals surface area contributed by atoms with E-state index in [4.69, 9.17) is 4.74 Å². The van der Waals surface area contributed by atoms with Crippen LogP contribution in [0.2, 0.25) is 0 Å². The van der Waals surface area contributed by atoms with Crippen molar-refractivity contribution in [2.24, 2.45) is 5.92 Å². The highest BCUT2D eigenvalue weighted by molar-refractivity contribution is 5.68. The number of rotatable bonds is 7. The summed E-state index contributed by atoms with van der Waals surface area (Å²) in [7, 11) is 0. The van der Waals surface area contributed by atoms with Crippen LogP contribution < -0.4 is 5.32 Å². The lowest BCUT2D eigenvalue weighted by atomic mass is 10.1. The number of hydrogen-bond donors (Lipinski definition) is 2. The number of aliphatic hydroxyl groups is 1. The highest BCUT2D eigenvalue weighted by atomic mass is 16.5. The molecule has 1 aromatic rings. The second-order valence-electron chi connectivity index (χ2n) is 4.91. The van der Waals surface area contributed by atoms with Crippen LogP contribution in [0.15, 0.2) is 30.3 Å². The highest BCUT2D eigenvalue weighted by Gasteiger charge is 2.09. The summed E-state index contributed by atoms with van der Waals surface area (Å²) in [5.41, 5.74) is 0.929. The third-order valence-corrected chi connectivity index (χ3v) is 2.65. The lowest BCUT2D eigenvalue weighted by Gasteiger charge is -2.12. The van der Waals surface area contributed by atoms with Gasteiger partial charge in [-0.25, -0.2) is 4.79 Å². The fourth-order valence-electron chi connectivity index (χ4n) is 1.52. The van der Waals surface area contributed by atoms with E-state index in [2.05, 4.69) is 19.2 Å². The standard InChI is InChI=1S/C15H22NO3/c1-12(2)8-9-14(17)10-16-15(18)19-11-13-6-4-3-5-7-13/h3-7,10,12,14,17H,8-9,11H2,1-2H3,(H,16,18). The average Bonchev–Trinajstić information content (AvgIpc) is 2.41. The van der Waals surface area contributed by atoms with Crippen LogP contribution in [0.5, 0.6) is 0 Å². The van der Waals surface area contributed by atoms with Gasteiger partial charge in [-0.05, 0) is 24.3 Å². The molecule has 19 heavy (non-hydrogen) atoms. The number of nitrogens with one attached hydrogen (secondary N) is 1. The lowest BCUT2D eigenvalue weighted by molar-refractivity contribution is 0.132. The Balaban J connectivity index is 2.14. The molecule has 1 amide bonds. The largest absolute Gasteiger partial charge is 0.445 e. The zero-order valence-corrected chi connectivity index (χ0v) is 11.5. The van der Waals surface area contributed by atoms with Crippen molar-refractivity contribution in [1.82, 2.24) is 5.32 Å². The van der Waals surface area contributed by atoms with Gasteiger partial charge in [0.15, 0.2) is 0 Å². The summed E-state index contributed by atoms with van der Waals surface area (Å²) in [5.74, 6) is 0.535. The van der Waals surface area contributed by atoms with E-state index in [1.165, 1.54) is 6.54 Å². The minimum absolute atomic E-state index is 0.225. The molecule has 0 spiro atoms. The van der Waals surface area contributed by atoms with Gasteiger partial charge >= 0.3 is 6.09 Å². The second kappa shape index (κ2) is 8.53. The predicted octanol–water partition coefficient (Wildman–Crippen LogP) is 2.87. The van der Waals surface area contributed by atoms with Crippen molar-refractivity contribution >= 4 is 6.09 Å². The minimum Gasteiger partial charge on any atom is -0.445 e. The van der Waals surface area contributed by atoms with E-state index in [0.29, 0.717) is 12.3 Å². The fraction of sp³-hybridized carbons (Fsp3) is 0.467. The van der Waals surface area contributed by atoms with Gasteiger partial charge in [0.2, 0.25) is 0 Å². The molecule has 0 saturated carbocycles. The third-order valence-electron chi connectivity index (χ3n) is 2.65. The SMILES string of the molecule is CC(C)CCC(O)[CH]NC(=O)OCc1ccccc1. The molecule has 0 aliphatic heterocycles. The van der Waals surface area contributed by atoms with Crippen LogP contribution in [-0.4, -0.2) is 17.3 Å². The molecule has 0 heterocycles. The molecule has 1 unspecified atom stereocenters. The van der Waals surface area contributed by atoms with Crippen LogP contribution in [0, 0.1) is 12.5 Å². The maximum atomic E-state index is 11.4. The van der Waals surface area contributed by atoms with E-state index in [1.807, 2.05) is 30.3 Å². The van der Waals surface area contributed by atoms with Crippen molar-refractivity contribution in [3.05, 3.63) is 42.4 Å². The van der Waals surface area contributed by atoms with Gasteiger partial charge in [-0.2, -0.15) is 0 Å². The van der Waals surface area contributed by atoms with Gasteiger partial charge in [0.05, 0.1) is 12.6 Å². The van der Waals surface area contributed by atoms with E-state index in [0.717, 1.165) is 12.0 Å². The average molecular weight is 264 g/mol. The first-order valence-corrected chi connectivity index (χ1v) is 6.56. The molecule has 1 aromatic carbocycles. The Hall–Kier alpha value is -1.55. The lowest BCUT2D eigenvalue weighted by Crippen LogP contribution is -2.27. The molecule has 4 nitrogen and oxygen atoms in total. The topological polar surface area (TPSA) is 58.6 Å². The van der Waals surface area contributed by atoms with Crippen LogP contribution >= 0.6 is 0 Å². The molecule has 1 radical (unpaired) electrons. The van der Waals surface area contributed by atoms with Crippen LogP contribution in [-0.2, 0) is 11.3 Å². The third kappa shape index (κ3) is 7.47. The highest BCUT2D eigenvalue weighted by Crippen LogP contribution is 2.07. The summed E-state index contributed by atoms with van der Waals surface area (Å²) in [4.78, 5) is 11.4. The predicted molar refractivity (Wildman–Crippen MR) is 74.1 cm³/mol. The smallest absolute Gasteiger partial charge is 0.407 e. The summed E-state index contributed by atoms with van der Waals surface area (Å²) in [6.07, 6.45) is 0.369. The molecule has 1 atom stereocenters. The van der Waals surface area contributed by atoms with Gasteiger partial charge in [-0.3, -0.25) is 0 Å². The van der Waals surface area contributed by atoms with Gasteiger partial charge in [-0.1, -0.05) is 44.2 Å². The molecule has 0 aromatic heterocycles. The second-order valence-corrected chi connectivity index (χ2v) is 4.91. The van der Waals surface area contributed by atoms with E-state index < -0.39 is 12.2 Å².